The topological polar surface area (TPSA) is 208 Å². The van der Waals surface area contributed by atoms with Crippen molar-refractivity contribution < 1.29 is 64.5 Å². The second-order valence-corrected chi connectivity index (χ2v) is 8.05. The van der Waals surface area contributed by atoms with Crippen LogP contribution in [0.5, 0.6) is 0 Å². The maximum atomic E-state index is 10.6. The summed E-state index contributed by atoms with van der Waals surface area (Å²) in [5, 5.41) is 79.5. The van der Waals surface area contributed by atoms with Crippen LogP contribution in [0.3, 0.4) is 0 Å². The van der Waals surface area contributed by atoms with Gasteiger partial charge in [0, 0.05) is 6.42 Å². The lowest BCUT2D eigenvalue weighted by molar-refractivity contribution is -0.376. The largest absolute Gasteiger partial charge is 0.394 e. The van der Waals surface area contributed by atoms with Crippen LogP contribution < -0.4 is 0 Å². The summed E-state index contributed by atoms with van der Waals surface area (Å²) in [7, 11) is 0. The molecule has 0 aromatic heterocycles. The second kappa shape index (κ2) is 10.6. The molecule has 3 fully saturated rings. The Bertz CT molecular complexity index is 567. The van der Waals surface area contributed by atoms with Gasteiger partial charge in [-0.3, -0.25) is 0 Å². The third kappa shape index (κ3) is 5.35. The van der Waals surface area contributed by atoms with E-state index in [1.165, 1.54) is 6.92 Å². The Morgan fingerprint density at radius 3 is 2.00 bits per heavy atom. The molecule has 182 valence electrons. The fourth-order valence-electron chi connectivity index (χ4n) is 3.93. The van der Waals surface area contributed by atoms with Crippen molar-refractivity contribution in [1.29, 1.82) is 0 Å². The van der Waals surface area contributed by atoms with Crippen molar-refractivity contribution in [3.63, 3.8) is 0 Å². The van der Waals surface area contributed by atoms with Crippen LogP contribution >= 0.6 is 0 Å². The highest BCUT2D eigenvalue weighted by molar-refractivity contribution is 4.94. The molecule has 13 atom stereocenters. The van der Waals surface area contributed by atoms with Gasteiger partial charge >= 0.3 is 0 Å². The van der Waals surface area contributed by atoms with Crippen molar-refractivity contribution in [2.45, 2.75) is 99.7 Å². The Labute approximate surface area is 178 Å². The van der Waals surface area contributed by atoms with Crippen LogP contribution in [0.15, 0.2) is 0 Å². The van der Waals surface area contributed by atoms with E-state index < -0.39 is 93.1 Å². The molecule has 13 heteroatoms. The van der Waals surface area contributed by atoms with Gasteiger partial charge in [-0.05, 0) is 13.3 Å². The molecule has 0 unspecified atom stereocenters. The van der Waals surface area contributed by atoms with E-state index in [-0.39, 0.29) is 12.8 Å². The van der Waals surface area contributed by atoms with E-state index in [1.807, 2.05) is 0 Å². The second-order valence-electron chi connectivity index (χ2n) is 8.05. The van der Waals surface area contributed by atoms with Crippen LogP contribution in [-0.4, -0.2) is 134 Å². The molecule has 3 aliphatic heterocycles. The van der Waals surface area contributed by atoms with Crippen LogP contribution in [0.25, 0.3) is 0 Å². The van der Waals surface area contributed by atoms with Gasteiger partial charge in [0.1, 0.15) is 48.8 Å². The van der Waals surface area contributed by atoms with Crippen molar-refractivity contribution in [3.05, 3.63) is 0 Å². The normalized spacial score (nSPS) is 51.6. The molecule has 3 aliphatic rings. The molecule has 31 heavy (non-hydrogen) atoms. The highest BCUT2D eigenvalue weighted by atomic mass is 16.8. The van der Waals surface area contributed by atoms with E-state index >= 15 is 0 Å². The minimum Gasteiger partial charge on any atom is -0.394 e. The lowest BCUT2D eigenvalue weighted by Crippen LogP contribution is -2.64. The molecule has 8 N–H and O–H groups in total. The predicted molar refractivity (Wildman–Crippen MR) is 97.1 cm³/mol. The summed E-state index contributed by atoms with van der Waals surface area (Å²) < 4.78 is 27.6. The van der Waals surface area contributed by atoms with E-state index in [2.05, 4.69) is 0 Å². The standard InChI is InChI=1S/C18H32O13/c1-6-11(22)13(24)15(26)17(27-6)31-16-14(25)12(23)9(5-20)30-18(16)29-7-2-3-10(21)28-8(7)4-19/h6-26H,2-5H2,1H3/t6-,7-,8+,9+,10+,11+,12-,13+,14-,15-,16+,17-,18+/m0/s1. The Hall–Kier alpha value is -0.520. The molecule has 3 rings (SSSR count). The van der Waals surface area contributed by atoms with Gasteiger partial charge in [-0.15, -0.1) is 0 Å². The first-order chi connectivity index (χ1) is 14.7. The molecule has 0 amide bonds. The zero-order valence-corrected chi connectivity index (χ0v) is 17.0. The van der Waals surface area contributed by atoms with Crippen LogP contribution in [-0.2, 0) is 23.7 Å². The lowest BCUT2D eigenvalue weighted by Gasteiger charge is -2.47. The molecule has 0 aromatic rings. The Morgan fingerprint density at radius 1 is 0.677 bits per heavy atom. The van der Waals surface area contributed by atoms with Gasteiger partial charge in [-0.1, -0.05) is 0 Å². The fourth-order valence-corrected chi connectivity index (χ4v) is 3.93. The van der Waals surface area contributed by atoms with Gasteiger partial charge in [-0.25, -0.2) is 0 Å². The molecule has 0 radical (unpaired) electrons. The molecule has 0 saturated carbocycles. The van der Waals surface area contributed by atoms with Crippen LogP contribution in [0.1, 0.15) is 19.8 Å². The zero-order chi connectivity index (χ0) is 22.9. The quantitative estimate of drug-likeness (QED) is 0.190. The maximum Gasteiger partial charge on any atom is 0.187 e. The summed E-state index contributed by atoms with van der Waals surface area (Å²) >= 11 is 0. The van der Waals surface area contributed by atoms with E-state index in [1.54, 1.807) is 0 Å². The van der Waals surface area contributed by atoms with E-state index in [4.69, 9.17) is 23.7 Å². The minimum atomic E-state index is -1.68. The van der Waals surface area contributed by atoms with Crippen molar-refractivity contribution >= 4 is 0 Å². The van der Waals surface area contributed by atoms with Gasteiger partial charge in [0.15, 0.2) is 18.9 Å². The highest BCUT2D eigenvalue weighted by Gasteiger charge is 2.51. The predicted octanol–water partition coefficient (Wildman–Crippen LogP) is -4.49. The first-order valence-corrected chi connectivity index (χ1v) is 10.2. The third-order valence-corrected chi connectivity index (χ3v) is 5.86. The summed E-state index contributed by atoms with van der Waals surface area (Å²) in [6, 6.07) is 0. The van der Waals surface area contributed by atoms with Crippen LogP contribution in [0.2, 0.25) is 0 Å². The van der Waals surface area contributed by atoms with Gasteiger partial charge in [0.25, 0.3) is 0 Å². The van der Waals surface area contributed by atoms with Crippen molar-refractivity contribution in [2.24, 2.45) is 0 Å². The number of aliphatic hydroxyl groups is 8. The molecule has 3 saturated heterocycles. The summed E-state index contributed by atoms with van der Waals surface area (Å²) in [5.74, 6) is 0. The first-order valence-electron chi connectivity index (χ1n) is 10.2. The molecular weight excluding hydrogens is 424 g/mol. The molecule has 0 aromatic carbocycles. The lowest BCUT2D eigenvalue weighted by atomic mass is 9.97. The highest BCUT2D eigenvalue weighted by Crippen LogP contribution is 2.32. The monoisotopic (exact) mass is 456 g/mol. The van der Waals surface area contributed by atoms with E-state index in [9.17, 15) is 40.9 Å². The Balaban J connectivity index is 1.77. The van der Waals surface area contributed by atoms with Gasteiger partial charge in [-0.2, -0.15) is 0 Å². The third-order valence-electron chi connectivity index (χ3n) is 5.86. The Morgan fingerprint density at radius 2 is 1.35 bits per heavy atom. The van der Waals surface area contributed by atoms with E-state index in [0.717, 1.165) is 0 Å². The van der Waals surface area contributed by atoms with Crippen LogP contribution in [0.4, 0.5) is 0 Å². The van der Waals surface area contributed by atoms with Gasteiger partial charge < -0.3 is 64.5 Å². The SMILES string of the molecule is C[C@@H]1O[C@@H](O[C@H]2[C@H](O[C@H]3CC[C@H](O)O[C@@H]3CO)O[C@H](CO)[C@H](O)[C@@H]2O)[C@@H](O)[C@H](O)[C@@H]1O. The van der Waals surface area contributed by atoms with Gasteiger partial charge in [0.2, 0.25) is 0 Å². The van der Waals surface area contributed by atoms with E-state index in [0.29, 0.717) is 0 Å². The zero-order valence-electron chi connectivity index (χ0n) is 17.0. The summed E-state index contributed by atoms with van der Waals surface area (Å²) in [5.41, 5.74) is 0. The van der Waals surface area contributed by atoms with Crippen molar-refractivity contribution in [1.82, 2.24) is 0 Å². The first kappa shape index (κ1) is 25.1. The summed E-state index contributed by atoms with van der Waals surface area (Å²) in [4.78, 5) is 0. The number of ether oxygens (including phenoxy) is 5. The maximum absolute atomic E-state index is 10.6. The molecule has 13 nitrogen and oxygen atoms in total. The van der Waals surface area contributed by atoms with Crippen molar-refractivity contribution in [3.8, 4) is 0 Å². The van der Waals surface area contributed by atoms with Gasteiger partial charge in [0.05, 0.1) is 25.4 Å². The molecular formula is C18H32O13. The number of hydrogen-bond acceptors (Lipinski definition) is 13. The number of hydrogen-bond donors (Lipinski definition) is 8. The summed E-state index contributed by atoms with van der Waals surface area (Å²) in [6.45, 7) is 0.338. The minimum absolute atomic E-state index is 0.208. The molecule has 3 heterocycles. The average Bonchev–Trinajstić information content (AvgIpc) is 2.76. The summed E-state index contributed by atoms with van der Waals surface area (Å²) in [6.07, 6.45) is -16.6. The smallest absolute Gasteiger partial charge is 0.187 e. The molecule has 0 spiro atoms. The molecule has 0 aliphatic carbocycles. The average molecular weight is 456 g/mol. The Kier molecular flexibility index (Phi) is 8.59. The molecule has 0 bridgehead atoms. The van der Waals surface area contributed by atoms with Crippen LogP contribution in [0, 0.1) is 0 Å². The fraction of sp³-hybridized carbons (Fsp3) is 1.00. The number of aliphatic hydroxyl groups excluding tert-OH is 8. The number of rotatable bonds is 6. The van der Waals surface area contributed by atoms with Crippen molar-refractivity contribution in [2.75, 3.05) is 13.2 Å².